The molecule has 2 atom stereocenters. The number of ether oxygens (including phenoxy) is 1. The highest BCUT2D eigenvalue weighted by molar-refractivity contribution is 4.89. The lowest BCUT2D eigenvalue weighted by Crippen LogP contribution is -2.57. The molecule has 0 aliphatic carbocycles. The fourth-order valence-electron chi connectivity index (χ4n) is 2.93. The molecule has 0 spiro atoms. The van der Waals surface area contributed by atoms with Crippen molar-refractivity contribution in [2.75, 3.05) is 32.8 Å². The molecule has 0 radical (unpaired) electrons. The summed E-state index contributed by atoms with van der Waals surface area (Å²) in [6.07, 6.45) is -0.0611. The van der Waals surface area contributed by atoms with Gasteiger partial charge in [-0.1, -0.05) is 20.8 Å². The van der Waals surface area contributed by atoms with Gasteiger partial charge in [0.2, 0.25) is 0 Å². The molecule has 0 bridgehead atoms. The van der Waals surface area contributed by atoms with Gasteiger partial charge in [-0.05, 0) is 32.7 Å². The Kier molecular flexibility index (Phi) is 5.80. The molecule has 1 saturated heterocycles. The average Bonchev–Trinajstić information content (AvgIpc) is 2.26. The molecular weight excluding hydrogens is 240 g/mol. The second-order valence-electron chi connectivity index (χ2n) is 7.12. The minimum Gasteiger partial charge on any atom is -0.394 e. The second kappa shape index (κ2) is 6.53. The highest BCUT2D eigenvalue weighted by atomic mass is 16.5. The number of nitrogens with one attached hydrogen (secondary N) is 1. The first-order valence-corrected chi connectivity index (χ1v) is 7.44. The van der Waals surface area contributed by atoms with Gasteiger partial charge in [-0.25, -0.2) is 0 Å². The Bertz CT molecular complexity index is 279. The molecule has 0 aromatic rings. The van der Waals surface area contributed by atoms with Crippen LogP contribution in [0.15, 0.2) is 0 Å². The highest BCUT2D eigenvalue weighted by Gasteiger charge is 2.36. The van der Waals surface area contributed by atoms with Crippen LogP contribution in [0.25, 0.3) is 0 Å². The molecule has 114 valence electrons. The maximum Gasteiger partial charge on any atom is 0.0940 e. The normalized spacial score (nSPS) is 26.4. The van der Waals surface area contributed by atoms with Crippen molar-refractivity contribution in [3.63, 3.8) is 0 Å². The minimum atomic E-state index is -0.177. The third-order valence-electron chi connectivity index (χ3n) is 4.07. The number of morpholine rings is 1. The molecule has 1 heterocycles. The largest absolute Gasteiger partial charge is 0.394 e. The molecule has 0 amide bonds. The molecule has 1 aliphatic heterocycles. The highest BCUT2D eigenvalue weighted by Crippen LogP contribution is 2.27. The Morgan fingerprint density at radius 1 is 1.47 bits per heavy atom. The van der Waals surface area contributed by atoms with E-state index in [0.29, 0.717) is 6.04 Å². The summed E-state index contributed by atoms with van der Waals surface area (Å²) >= 11 is 0. The van der Waals surface area contributed by atoms with E-state index in [-0.39, 0.29) is 23.7 Å². The predicted molar refractivity (Wildman–Crippen MR) is 79.4 cm³/mol. The van der Waals surface area contributed by atoms with Crippen LogP contribution in [-0.2, 0) is 4.74 Å². The van der Waals surface area contributed by atoms with Crippen molar-refractivity contribution in [2.24, 2.45) is 5.41 Å². The fraction of sp³-hybridized carbons (Fsp3) is 1.00. The first-order chi connectivity index (χ1) is 8.70. The van der Waals surface area contributed by atoms with E-state index < -0.39 is 0 Å². The van der Waals surface area contributed by atoms with Crippen LogP contribution in [0.3, 0.4) is 0 Å². The molecule has 1 fully saturated rings. The summed E-state index contributed by atoms with van der Waals surface area (Å²) in [7, 11) is 0. The van der Waals surface area contributed by atoms with E-state index in [9.17, 15) is 5.11 Å². The SMILES string of the molecule is CCNC(C)C(C)(C)CN1CC(CO)OC(C)(C)C1. The van der Waals surface area contributed by atoms with E-state index in [4.69, 9.17) is 4.74 Å². The smallest absolute Gasteiger partial charge is 0.0940 e. The number of hydrogen-bond acceptors (Lipinski definition) is 4. The molecule has 4 heteroatoms. The van der Waals surface area contributed by atoms with Crippen LogP contribution in [0.2, 0.25) is 0 Å². The summed E-state index contributed by atoms with van der Waals surface area (Å²) in [5.74, 6) is 0. The summed E-state index contributed by atoms with van der Waals surface area (Å²) in [6, 6.07) is 0.469. The van der Waals surface area contributed by atoms with E-state index in [1.165, 1.54) is 0 Å². The van der Waals surface area contributed by atoms with Gasteiger partial charge >= 0.3 is 0 Å². The number of nitrogens with zero attached hydrogens (tertiary/aromatic N) is 1. The van der Waals surface area contributed by atoms with E-state index in [2.05, 4.69) is 51.8 Å². The molecule has 4 nitrogen and oxygen atoms in total. The van der Waals surface area contributed by atoms with Crippen LogP contribution in [0.5, 0.6) is 0 Å². The van der Waals surface area contributed by atoms with Crippen LogP contribution in [0, 0.1) is 5.41 Å². The topological polar surface area (TPSA) is 44.7 Å². The summed E-state index contributed by atoms with van der Waals surface area (Å²) in [5.41, 5.74) is 0.0204. The Morgan fingerprint density at radius 2 is 2.11 bits per heavy atom. The summed E-state index contributed by atoms with van der Waals surface area (Å²) < 4.78 is 5.87. The van der Waals surface area contributed by atoms with Gasteiger partial charge in [0.1, 0.15) is 0 Å². The maximum absolute atomic E-state index is 9.37. The van der Waals surface area contributed by atoms with Crippen molar-refractivity contribution in [3.05, 3.63) is 0 Å². The van der Waals surface area contributed by atoms with Gasteiger partial charge in [-0.3, -0.25) is 4.90 Å². The zero-order chi connectivity index (χ0) is 14.7. The van der Waals surface area contributed by atoms with Gasteiger partial charge < -0.3 is 15.2 Å². The predicted octanol–water partition coefficient (Wildman–Crippen LogP) is 1.48. The van der Waals surface area contributed by atoms with Crippen LogP contribution >= 0.6 is 0 Å². The molecule has 0 aromatic carbocycles. The number of rotatable bonds is 6. The van der Waals surface area contributed by atoms with E-state index in [1.807, 2.05) is 0 Å². The monoisotopic (exact) mass is 272 g/mol. The summed E-state index contributed by atoms with van der Waals surface area (Å²) in [4.78, 5) is 2.43. The van der Waals surface area contributed by atoms with Crippen LogP contribution in [0.1, 0.15) is 41.5 Å². The van der Waals surface area contributed by atoms with Crippen LogP contribution in [0.4, 0.5) is 0 Å². The lowest BCUT2D eigenvalue weighted by Gasteiger charge is -2.46. The van der Waals surface area contributed by atoms with Crippen molar-refractivity contribution in [1.29, 1.82) is 0 Å². The van der Waals surface area contributed by atoms with Gasteiger partial charge in [-0.15, -0.1) is 0 Å². The number of aliphatic hydroxyl groups excluding tert-OH is 1. The van der Waals surface area contributed by atoms with Crippen molar-refractivity contribution < 1.29 is 9.84 Å². The average molecular weight is 272 g/mol. The third-order valence-corrected chi connectivity index (χ3v) is 4.07. The minimum absolute atomic E-state index is 0.0611. The summed E-state index contributed by atoms with van der Waals surface area (Å²) in [6.45, 7) is 17.1. The van der Waals surface area contributed by atoms with E-state index in [1.54, 1.807) is 0 Å². The molecule has 2 unspecified atom stereocenters. The molecule has 19 heavy (non-hydrogen) atoms. The molecule has 1 rings (SSSR count). The molecule has 0 aromatic heterocycles. The van der Waals surface area contributed by atoms with Gasteiger partial charge in [0.05, 0.1) is 18.3 Å². The Morgan fingerprint density at radius 3 is 2.63 bits per heavy atom. The summed E-state index contributed by atoms with van der Waals surface area (Å²) in [5, 5.41) is 12.9. The number of aliphatic hydroxyl groups is 1. The first-order valence-electron chi connectivity index (χ1n) is 7.44. The van der Waals surface area contributed by atoms with Crippen molar-refractivity contribution in [3.8, 4) is 0 Å². The van der Waals surface area contributed by atoms with Crippen molar-refractivity contribution in [1.82, 2.24) is 10.2 Å². The lowest BCUT2D eigenvalue weighted by molar-refractivity contribution is -0.153. The van der Waals surface area contributed by atoms with Crippen LogP contribution < -0.4 is 5.32 Å². The van der Waals surface area contributed by atoms with E-state index in [0.717, 1.165) is 26.2 Å². The van der Waals surface area contributed by atoms with Gasteiger partial charge in [-0.2, -0.15) is 0 Å². The van der Waals surface area contributed by atoms with Crippen LogP contribution in [-0.4, -0.2) is 60.5 Å². The van der Waals surface area contributed by atoms with Crippen molar-refractivity contribution in [2.45, 2.75) is 59.3 Å². The van der Waals surface area contributed by atoms with Gasteiger partial charge in [0.15, 0.2) is 0 Å². The quantitative estimate of drug-likeness (QED) is 0.769. The molecule has 2 N–H and O–H groups in total. The molecule has 0 saturated carbocycles. The first kappa shape index (κ1) is 16.9. The second-order valence-corrected chi connectivity index (χ2v) is 7.12. The Balaban J connectivity index is 2.64. The zero-order valence-corrected chi connectivity index (χ0v) is 13.5. The van der Waals surface area contributed by atoms with Gasteiger partial charge in [0, 0.05) is 25.7 Å². The van der Waals surface area contributed by atoms with Crippen molar-refractivity contribution >= 4 is 0 Å². The Hall–Kier alpha value is -0.160. The molecular formula is C15H32N2O2. The van der Waals surface area contributed by atoms with Gasteiger partial charge in [0.25, 0.3) is 0 Å². The maximum atomic E-state index is 9.37. The lowest BCUT2D eigenvalue weighted by atomic mass is 9.84. The third kappa shape index (κ3) is 5.03. The van der Waals surface area contributed by atoms with E-state index >= 15 is 0 Å². The number of hydrogen-bond donors (Lipinski definition) is 2. The molecule has 1 aliphatic rings. The fourth-order valence-corrected chi connectivity index (χ4v) is 2.93. The Labute approximate surface area is 118 Å². The standard InChI is InChI=1S/C15H32N2O2/c1-7-16-12(2)14(3,4)10-17-8-13(9-18)19-15(5,6)11-17/h12-13,16,18H,7-11H2,1-6H3. The zero-order valence-electron chi connectivity index (χ0n) is 13.5.